The maximum atomic E-state index is 10.5. The molecule has 4 nitrogen and oxygen atoms in total. The van der Waals surface area contributed by atoms with Gasteiger partial charge in [-0.25, -0.2) is 0 Å². The van der Waals surface area contributed by atoms with E-state index in [1.165, 1.54) is 0 Å². The lowest BCUT2D eigenvalue weighted by atomic mass is 9.91. The van der Waals surface area contributed by atoms with E-state index in [4.69, 9.17) is 15.2 Å². The second-order valence-electron chi connectivity index (χ2n) is 8.27. The molecule has 1 saturated heterocycles. The van der Waals surface area contributed by atoms with E-state index >= 15 is 0 Å². The van der Waals surface area contributed by atoms with E-state index in [-0.39, 0.29) is 29.4 Å². The Morgan fingerprint density at radius 2 is 1.92 bits per heavy atom. The molecule has 0 bridgehead atoms. The van der Waals surface area contributed by atoms with Crippen LogP contribution in [0.3, 0.4) is 0 Å². The zero-order valence-corrected chi connectivity index (χ0v) is 16.7. The number of hydrogen-bond acceptors (Lipinski definition) is 4. The van der Waals surface area contributed by atoms with Crippen molar-refractivity contribution in [3.63, 3.8) is 0 Å². The van der Waals surface area contributed by atoms with Crippen LogP contribution in [-0.4, -0.2) is 37.5 Å². The average Bonchev–Trinajstić information content (AvgIpc) is 2.45. The van der Waals surface area contributed by atoms with Crippen LogP contribution < -0.4 is 5.73 Å². The molecule has 1 aromatic carbocycles. The fourth-order valence-electron chi connectivity index (χ4n) is 3.20. The predicted molar refractivity (Wildman–Crippen MR) is 100 cm³/mol. The van der Waals surface area contributed by atoms with Gasteiger partial charge in [0.2, 0.25) is 0 Å². The topological polar surface area (TPSA) is 64.7 Å². The highest BCUT2D eigenvalue weighted by atomic mass is 28.4. The van der Waals surface area contributed by atoms with Crippen molar-refractivity contribution in [2.75, 3.05) is 0 Å². The zero-order chi connectivity index (χ0) is 18.0. The molecule has 4 atom stereocenters. The number of benzene rings is 1. The Kier molecular flexibility index (Phi) is 6.26. The molecule has 24 heavy (non-hydrogen) atoms. The highest BCUT2D eigenvalue weighted by Crippen LogP contribution is 2.42. The van der Waals surface area contributed by atoms with Crippen LogP contribution in [0.2, 0.25) is 18.1 Å². The largest absolute Gasteiger partial charge is 0.432 e. The van der Waals surface area contributed by atoms with E-state index in [2.05, 4.69) is 26.0 Å². The predicted octanol–water partition coefficient (Wildman–Crippen LogP) is 3.44. The Bertz CT molecular complexity index is 503. The first-order valence-corrected chi connectivity index (χ1v) is 11.8. The van der Waals surface area contributed by atoms with E-state index < -0.39 is 8.32 Å². The molecule has 0 saturated carbocycles. The molecule has 0 unspecified atom stereocenters. The van der Waals surface area contributed by atoms with Crippen molar-refractivity contribution >= 4 is 8.32 Å². The second-order valence-corrected chi connectivity index (χ2v) is 12.7. The summed E-state index contributed by atoms with van der Waals surface area (Å²) in [4.78, 5) is 10.5. The van der Waals surface area contributed by atoms with Crippen LogP contribution in [0.5, 0.6) is 0 Å². The normalized spacial score (nSPS) is 28.8. The molecule has 0 aromatic heterocycles. The van der Waals surface area contributed by atoms with Crippen LogP contribution in [0, 0.1) is 0 Å². The van der Waals surface area contributed by atoms with Gasteiger partial charge >= 0.3 is 0 Å². The Hall–Kier alpha value is -0.723. The van der Waals surface area contributed by atoms with Crippen molar-refractivity contribution in [1.82, 2.24) is 0 Å². The van der Waals surface area contributed by atoms with Gasteiger partial charge < -0.3 is 20.0 Å². The molecule has 0 amide bonds. The van der Waals surface area contributed by atoms with Crippen molar-refractivity contribution in [3.05, 3.63) is 35.9 Å². The molecule has 0 spiro atoms. The van der Waals surface area contributed by atoms with Crippen LogP contribution in [0.15, 0.2) is 30.3 Å². The molecule has 1 aliphatic rings. The molecule has 5 heteroatoms. The van der Waals surface area contributed by atoms with Gasteiger partial charge in [-0.3, -0.25) is 0 Å². The van der Waals surface area contributed by atoms with Crippen molar-refractivity contribution < 1.29 is 14.3 Å². The summed E-state index contributed by atoms with van der Waals surface area (Å²) in [7, 11) is -2.24. The van der Waals surface area contributed by atoms with Crippen LogP contribution in [0.4, 0.5) is 0 Å². The molecule has 3 N–H and O–H groups in total. The summed E-state index contributed by atoms with van der Waals surface area (Å²) >= 11 is 0. The van der Waals surface area contributed by atoms with Gasteiger partial charge in [0.15, 0.2) is 8.32 Å². The summed E-state index contributed by atoms with van der Waals surface area (Å²) in [5, 5.41) is -0.102. The summed E-state index contributed by atoms with van der Waals surface area (Å²) in [6, 6.07) is 10.1. The molecule has 0 aliphatic carbocycles. The first-order valence-electron chi connectivity index (χ1n) is 8.89. The fraction of sp³-hybridized carbons (Fsp3) is 0.684. The summed E-state index contributed by atoms with van der Waals surface area (Å²) in [6.45, 7) is 10.8. The minimum Gasteiger partial charge on any atom is -0.432 e. The maximum Gasteiger partial charge on any atom is 0.188 e. The van der Waals surface area contributed by atoms with Gasteiger partial charge in [0, 0.05) is 6.04 Å². The Labute approximate surface area is 147 Å². The molecule has 2 rings (SSSR count). The van der Waals surface area contributed by atoms with E-state index in [9.17, 15) is 4.80 Å². The minimum absolute atomic E-state index is 0.0401. The SMILES string of the molecule is C[C@@H]1O[C@H](CC(C)(C)[Si](C)(C)O)C[C@@H](N)[C@H]1OCc1ccccc1. The molecule has 1 fully saturated rings. The summed E-state index contributed by atoms with van der Waals surface area (Å²) < 4.78 is 12.2. The summed E-state index contributed by atoms with van der Waals surface area (Å²) in [5.74, 6) is 0. The Morgan fingerprint density at radius 1 is 1.29 bits per heavy atom. The van der Waals surface area contributed by atoms with Crippen LogP contribution >= 0.6 is 0 Å². The molecular weight excluding hydrogens is 318 g/mol. The molecule has 1 aromatic rings. The van der Waals surface area contributed by atoms with E-state index in [0.717, 1.165) is 18.4 Å². The number of nitrogens with two attached hydrogens (primary N) is 1. The van der Waals surface area contributed by atoms with E-state index in [1.807, 2.05) is 38.2 Å². The van der Waals surface area contributed by atoms with Crippen molar-refractivity contribution in [1.29, 1.82) is 0 Å². The van der Waals surface area contributed by atoms with Gasteiger partial charge in [-0.1, -0.05) is 44.2 Å². The third-order valence-corrected chi connectivity index (χ3v) is 9.02. The summed E-state index contributed by atoms with van der Waals surface area (Å²) in [6.07, 6.45) is 1.57. The van der Waals surface area contributed by atoms with Crippen molar-refractivity contribution in [2.45, 2.75) is 82.7 Å². The number of rotatable bonds is 6. The molecule has 1 aliphatic heterocycles. The summed E-state index contributed by atoms with van der Waals surface area (Å²) in [5.41, 5.74) is 7.54. The standard InChI is InChI=1S/C19H33NO3Si/c1-14-18(22-13-15-9-7-6-8-10-15)17(20)11-16(23-14)12-19(2,3)24(4,5)21/h6-10,14,16-18,21H,11-13,20H2,1-5H3/t14-,16-,17+,18-/m0/s1. The molecular formula is C19H33NO3Si. The molecule has 0 radical (unpaired) electrons. The smallest absolute Gasteiger partial charge is 0.188 e. The second kappa shape index (κ2) is 7.66. The quantitative estimate of drug-likeness (QED) is 0.771. The van der Waals surface area contributed by atoms with Crippen LogP contribution in [0.25, 0.3) is 0 Å². The van der Waals surface area contributed by atoms with Gasteiger partial charge in [-0.2, -0.15) is 0 Å². The average molecular weight is 352 g/mol. The monoisotopic (exact) mass is 351 g/mol. The van der Waals surface area contributed by atoms with Crippen molar-refractivity contribution in [2.24, 2.45) is 5.73 Å². The van der Waals surface area contributed by atoms with E-state index in [0.29, 0.717) is 6.61 Å². The fourth-order valence-corrected chi connectivity index (χ4v) is 3.93. The highest BCUT2D eigenvalue weighted by Gasteiger charge is 2.43. The molecule has 1 heterocycles. The van der Waals surface area contributed by atoms with Gasteiger partial charge in [-0.15, -0.1) is 0 Å². The lowest BCUT2D eigenvalue weighted by molar-refractivity contribution is -0.148. The molecule has 136 valence electrons. The lowest BCUT2D eigenvalue weighted by Gasteiger charge is -2.43. The third-order valence-electron chi connectivity index (χ3n) is 5.51. The minimum atomic E-state index is -2.24. The number of ether oxygens (including phenoxy) is 2. The number of hydrogen-bond donors (Lipinski definition) is 2. The van der Waals surface area contributed by atoms with E-state index in [1.54, 1.807) is 0 Å². The Morgan fingerprint density at radius 3 is 2.46 bits per heavy atom. The van der Waals surface area contributed by atoms with Crippen molar-refractivity contribution in [3.8, 4) is 0 Å². The van der Waals surface area contributed by atoms with Gasteiger partial charge in [-0.05, 0) is 43.5 Å². The first-order chi connectivity index (χ1) is 11.1. The van der Waals surface area contributed by atoms with Gasteiger partial charge in [0.1, 0.15) is 0 Å². The van der Waals surface area contributed by atoms with Gasteiger partial charge in [0.25, 0.3) is 0 Å². The zero-order valence-electron chi connectivity index (χ0n) is 15.7. The first kappa shape index (κ1) is 19.6. The van der Waals surface area contributed by atoms with Crippen LogP contribution in [0.1, 0.15) is 39.2 Å². The third kappa shape index (κ3) is 4.89. The Balaban J connectivity index is 1.92. The van der Waals surface area contributed by atoms with Crippen LogP contribution in [-0.2, 0) is 16.1 Å². The lowest BCUT2D eigenvalue weighted by Crippen LogP contribution is -2.53. The maximum absolute atomic E-state index is 10.5. The van der Waals surface area contributed by atoms with Gasteiger partial charge in [0.05, 0.1) is 24.9 Å². The highest BCUT2D eigenvalue weighted by molar-refractivity contribution is 6.72.